The maximum Gasteiger partial charge on any atom is 0.0702 e. The Labute approximate surface area is 219 Å². The van der Waals surface area contributed by atoms with Crippen LogP contribution in [0, 0.1) is 0 Å². The van der Waals surface area contributed by atoms with Crippen LogP contribution in [0.15, 0.2) is 109 Å². The number of pyridine rings is 2. The highest BCUT2D eigenvalue weighted by Crippen LogP contribution is 2.41. The Hall–Kier alpha value is -4.96. The Morgan fingerprint density at radius 1 is 0.447 bits per heavy atom. The van der Waals surface area contributed by atoms with Crippen LogP contribution in [-0.2, 0) is 14.1 Å². The minimum absolute atomic E-state index is 0.993. The molecule has 0 amide bonds. The van der Waals surface area contributed by atoms with E-state index in [1.807, 2.05) is 36.7 Å². The van der Waals surface area contributed by atoms with Crippen molar-refractivity contribution < 1.29 is 0 Å². The molecule has 0 atom stereocenters. The van der Waals surface area contributed by atoms with Crippen LogP contribution in [0.1, 0.15) is 0 Å². The van der Waals surface area contributed by atoms with Crippen LogP contribution >= 0.6 is 0 Å². The summed E-state index contributed by atoms with van der Waals surface area (Å²) in [6.07, 6.45) is 3.70. The van der Waals surface area contributed by atoms with Crippen LogP contribution in [-0.4, -0.2) is 19.1 Å². The molecule has 0 N–H and O–H groups in total. The molecule has 180 valence electrons. The second kappa shape index (κ2) is 7.77. The highest BCUT2D eigenvalue weighted by Gasteiger charge is 2.17. The van der Waals surface area contributed by atoms with Gasteiger partial charge in [-0.3, -0.25) is 9.97 Å². The number of hydrogen-bond acceptors (Lipinski definition) is 2. The smallest absolute Gasteiger partial charge is 0.0702 e. The Morgan fingerprint density at radius 2 is 0.895 bits per heavy atom. The third-order valence-corrected chi connectivity index (χ3v) is 8.06. The Morgan fingerprint density at radius 3 is 1.32 bits per heavy atom. The molecule has 0 spiro atoms. The number of hydrogen-bond donors (Lipinski definition) is 0. The molecule has 0 fully saturated rings. The number of aromatic nitrogens is 4. The van der Waals surface area contributed by atoms with E-state index < -0.39 is 0 Å². The van der Waals surface area contributed by atoms with Gasteiger partial charge in [-0.25, -0.2) is 0 Å². The van der Waals surface area contributed by atoms with Gasteiger partial charge in [0, 0.05) is 81.2 Å². The van der Waals surface area contributed by atoms with Crippen molar-refractivity contribution in [2.75, 3.05) is 0 Å². The second-order valence-electron chi connectivity index (χ2n) is 10.0. The predicted molar refractivity (Wildman–Crippen MR) is 158 cm³/mol. The molecule has 0 saturated heterocycles. The average molecular weight is 489 g/mol. The molecule has 0 aliphatic rings. The molecule has 38 heavy (non-hydrogen) atoms. The van der Waals surface area contributed by atoms with Crippen LogP contribution in [0.2, 0.25) is 0 Å². The summed E-state index contributed by atoms with van der Waals surface area (Å²) in [5.41, 5.74) is 9.16. The fourth-order valence-corrected chi connectivity index (χ4v) is 6.19. The molecular formula is C34H24N4. The third kappa shape index (κ3) is 2.86. The van der Waals surface area contributed by atoms with Crippen LogP contribution in [0.4, 0.5) is 0 Å². The normalized spacial score (nSPS) is 11.9. The maximum absolute atomic E-state index is 4.56. The molecule has 0 aliphatic carbocycles. The van der Waals surface area contributed by atoms with Crippen LogP contribution in [0.25, 0.3) is 76.9 Å². The number of nitrogens with zero attached hydrogens (tertiary/aromatic N) is 4. The molecular weight excluding hydrogens is 464 g/mol. The molecule has 4 aromatic heterocycles. The van der Waals surface area contributed by atoms with Gasteiger partial charge in [0.1, 0.15) is 0 Å². The first-order valence-corrected chi connectivity index (χ1v) is 12.9. The van der Waals surface area contributed by atoms with E-state index in [-0.39, 0.29) is 0 Å². The molecule has 0 saturated carbocycles. The fraction of sp³-hybridized carbons (Fsp3) is 0.0588. The van der Waals surface area contributed by atoms with Gasteiger partial charge < -0.3 is 9.13 Å². The zero-order chi connectivity index (χ0) is 25.4. The van der Waals surface area contributed by atoms with E-state index >= 15 is 0 Å². The molecule has 8 rings (SSSR count). The lowest BCUT2D eigenvalue weighted by molar-refractivity contribution is 1.01. The molecule has 4 heterocycles. The summed E-state index contributed by atoms with van der Waals surface area (Å²) in [6, 6.07) is 34.7. The number of fused-ring (bicyclic) bond motifs is 9. The monoisotopic (exact) mass is 488 g/mol. The van der Waals surface area contributed by atoms with Crippen molar-refractivity contribution >= 4 is 54.4 Å². The van der Waals surface area contributed by atoms with E-state index in [1.165, 1.54) is 54.4 Å². The van der Waals surface area contributed by atoms with Crippen molar-refractivity contribution in [2.45, 2.75) is 0 Å². The second-order valence-corrected chi connectivity index (χ2v) is 10.0. The summed E-state index contributed by atoms with van der Waals surface area (Å²) in [7, 11) is 4.32. The summed E-state index contributed by atoms with van der Waals surface area (Å²) < 4.78 is 4.62. The predicted octanol–water partition coefficient (Wildman–Crippen LogP) is 8.25. The maximum atomic E-state index is 4.56. The van der Waals surface area contributed by atoms with Gasteiger partial charge in [0.15, 0.2) is 0 Å². The average Bonchev–Trinajstić information content (AvgIpc) is 3.44. The van der Waals surface area contributed by atoms with E-state index in [2.05, 4.69) is 106 Å². The number of aryl methyl sites for hydroxylation is 2. The highest BCUT2D eigenvalue weighted by atomic mass is 14.9. The van der Waals surface area contributed by atoms with E-state index in [0.29, 0.717) is 0 Å². The molecule has 0 unspecified atom stereocenters. The Balaban J connectivity index is 1.42. The zero-order valence-corrected chi connectivity index (χ0v) is 21.2. The van der Waals surface area contributed by atoms with Crippen molar-refractivity contribution in [3.63, 3.8) is 0 Å². The summed E-state index contributed by atoms with van der Waals surface area (Å²) >= 11 is 0. The minimum atomic E-state index is 0.993. The van der Waals surface area contributed by atoms with Crippen molar-refractivity contribution in [1.29, 1.82) is 0 Å². The lowest BCUT2D eigenvalue weighted by atomic mass is 9.98. The van der Waals surface area contributed by atoms with Crippen LogP contribution in [0.3, 0.4) is 0 Å². The van der Waals surface area contributed by atoms with Gasteiger partial charge in [-0.15, -0.1) is 0 Å². The van der Waals surface area contributed by atoms with Crippen molar-refractivity contribution in [3.8, 4) is 22.5 Å². The van der Waals surface area contributed by atoms with Crippen molar-refractivity contribution in [1.82, 2.24) is 19.1 Å². The van der Waals surface area contributed by atoms with Gasteiger partial charge in [-0.1, -0.05) is 48.5 Å². The van der Waals surface area contributed by atoms with Gasteiger partial charge >= 0.3 is 0 Å². The lowest BCUT2D eigenvalue weighted by Gasteiger charge is -2.05. The quantitative estimate of drug-likeness (QED) is 0.246. The topological polar surface area (TPSA) is 35.6 Å². The molecule has 0 aliphatic heterocycles. The van der Waals surface area contributed by atoms with E-state index in [1.54, 1.807) is 0 Å². The molecule has 8 aromatic rings. The molecule has 0 radical (unpaired) electrons. The first-order valence-electron chi connectivity index (χ1n) is 12.9. The van der Waals surface area contributed by atoms with Gasteiger partial charge in [-0.2, -0.15) is 0 Å². The first-order chi connectivity index (χ1) is 18.7. The van der Waals surface area contributed by atoms with Gasteiger partial charge in [0.25, 0.3) is 0 Å². The molecule has 0 bridgehead atoms. The fourth-order valence-electron chi connectivity index (χ4n) is 6.19. The first kappa shape index (κ1) is 21.2. The minimum Gasteiger partial charge on any atom is -0.344 e. The van der Waals surface area contributed by atoms with E-state index in [4.69, 9.17) is 0 Å². The largest absolute Gasteiger partial charge is 0.344 e. The lowest BCUT2D eigenvalue weighted by Crippen LogP contribution is -1.88. The van der Waals surface area contributed by atoms with Gasteiger partial charge in [0.05, 0.1) is 11.4 Å². The van der Waals surface area contributed by atoms with E-state index in [0.717, 1.165) is 22.5 Å². The SMILES string of the molecule is Cn1c2cc(-c3ccccn3)ccc2c2c3ccc4c(c3ccc21)c1ccc(-c2ccccn2)cc1n4C. The zero-order valence-electron chi connectivity index (χ0n) is 21.2. The number of rotatable bonds is 2. The van der Waals surface area contributed by atoms with Gasteiger partial charge in [-0.05, 0) is 59.3 Å². The van der Waals surface area contributed by atoms with Crippen molar-refractivity contribution in [3.05, 3.63) is 109 Å². The summed E-state index contributed by atoms with van der Waals surface area (Å²) in [6.45, 7) is 0. The third-order valence-electron chi connectivity index (χ3n) is 8.06. The molecule has 4 aromatic carbocycles. The van der Waals surface area contributed by atoms with E-state index in [9.17, 15) is 0 Å². The van der Waals surface area contributed by atoms with Crippen LogP contribution < -0.4 is 0 Å². The number of benzene rings is 4. The van der Waals surface area contributed by atoms with Crippen molar-refractivity contribution in [2.24, 2.45) is 14.1 Å². The summed E-state index contributed by atoms with van der Waals surface area (Å²) in [4.78, 5) is 9.13. The molecule has 4 heteroatoms. The summed E-state index contributed by atoms with van der Waals surface area (Å²) in [5.74, 6) is 0. The molecule has 4 nitrogen and oxygen atoms in total. The Bertz CT molecular complexity index is 2030. The Kier molecular flexibility index (Phi) is 4.32. The summed E-state index contributed by atoms with van der Waals surface area (Å²) in [5, 5.41) is 7.71. The van der Waals surface area contributed by atoms with Crippen LogP contribution in [0.5, 0.6) is 0 Å². The highest BCUT2D eigenvalue weighted by molar-refractivity contribution is 6.29. The van der Waals surface area contributed by atoms with Gasteiger partial charge in [0.2, 0.25) is 0 Å². The standard InChI is InChI=1S/C34H24N4/c1-37-29-15-13-24-23(33(29)25-11-9-21(19-31(25)37)27-7-3-5-17-35-27)14-16-30-34(24)26-12-10-22(20-32(26)38(30)2)28-8-4-6-18-36-28/h3-20H,1-2H3.